The molecule has 0 unspecified atom stereocenters. The smallest absolute Gasteiger partial charge is 0.309 e. The highest BCUT2D eigenvalue weighted by Gasteiger charge is 2.43. The number of aliphatic hydroxyl groups is 1. The number of aliphatic hydroxyl groups excluding tert-OH is 1. The number of anilines is 1. The van der Waals surface area contributed by atoms with Gasteiger partial charge in [0.25, 0.3) is 0 Å². The quantitative estimate of drug-likeness (QED) is 0.654. The lowest BCUT2D eigenvalue weighted by molar-refractivity contribution is -0.138. The maximum atomic E-state index is 11.6. The number of hydrogen-bond donors (Lipinski definition) is 3. The summed E-state index contributed by atoms with van der Waals surface area (Å²) in [6, 6.07) is 9.87. The van der Waals surface area contributed by atoms with Crippen LogP contribution < -0.4 is 5.73 Å². The average molecular weight is 369 g/mol. The van der Waals surface area contributed by atoms with Gasteiger partial charge in [0, 0.05) is 23.3 Å². The number of aryl methyl sites for hydroxylation is 1. The molecule has 2 heterocycles. The highest BCUT2D eigenvalue weighted by Crippen LogP contribution is 2.33. The first-order valence-corrected chi connectivity index (χ1v) is 8.48. The summed E-state index contributed by atoms with van der Waals surface area (Å²) < 4.78 is 11.6. The van der Waals surface area contributed by atoms with Crippen LogP contribution in [0.1, 0.15) is 17.7 Å². The van der Waals surface area contributed by atoms with E-state index in [1.165, 1.54) is 0 Å². The van der Waals surface area contributed by atoms with Gasteiger partial charge in [-0.05, 0) is 48.1 Å². The lowest BCUT2D eigenvalue weighted by atomic mass is 9.97. The zero-order chi connectivity index (χ0) is 19.6. The molecule has 140 valence electrons. The van der Waals surface area contributed by atoms with Crippen molar-refractivity contribution < 1.29 is 19.4 Å². The standard InChI is InChI=1S/C16H15N3O.C4H5FO2/c1-10-4-5-18-14(9-20)16(10)12-3-2-11-7-15(17)19-8-13(11)6-12;5-3-1-2(3)4(6)7/h2-8,20H,9H2,1H3,(H2,17,19);2-3H,1H2,(H,6,7)/t;2-,3+/m.1/s1. The van der Waals surface area contributed by atoms with E-state index in [1.54, 1.807) is 12.4 Å². The van der Waals surface area contributed by atoms with Crippen LogP contribution in [-0.2, 0) is 11.4 Å². The molecule has 4 rings (SSSR count). The van der Waals surface area contributed by atoms with Crippen molar-refractivity contribution in [3.8, 4) is 11.1 Å². The number of halogens is 1. The third-order valence-corrected chi connectivity index (χ3v) is 4.45. The molecule has 0 saturated heterocycles. The first kappa shape index (κ1) is 18.7. The van der Waals surface area contributed by atoms with Crippen molar-refractivity contribution in [3.05, 3.63) is 54.0 Å². The predicted molar refractivity (Wildman–Crippen MR) is 101 cm³/mol. The number of aliphatic carboxylic acids is 1. The monoisotopic (exact) mass is 369 g/mol. The van der Waals surface area contributed by atoms with Gasteiger partial charge in [0.2, 0.25) is 0 Å². The molecule has 6 nitrogen and oxygen atoms in total. The fraction of sp³-hybridized carbons (Fsp3) is 0.250. The highest BCUT2D eigenvalue weighted by molar-refractivity contribution is 5.88. The lowest BCUT2D eigenvalue weighted by Gasteiger charge is -2.11. The van der Waals surface area contributed by atoms with Crippen molar-refractivity contribution >= 4 is 22.6 Å². The van der Waals surface area contributed by atoms with Gasteiger partial charge in [-0.25, -0.2) is 9.37 Å². The number of rotatable bonds is 3. The molecule has 4 N–H and O–H groups in total. The van der Waals surface area contributed by atoms with Gasteiger partial charge in [0.05, 0.1) is 18.2 Å². The molecule has 0 radical (unpaired) electrons. The van der Waals surface area contributed by atoms with Crippen molar-refractivity contribution in [1.82, 2.24) is 9.97 Å². The number of carboxylic acid groups (broad SMARTS) is 1. The summed E-state index contributed by atoms with van der Waals surface area (Å²) in [5.41, 5.74) is 9.47. The van der Waals surface area contributed by atoms with Crippen LogP contribution in [0.3, 0.4) is 0 Å². The van der Waals surface area contributed by atoms with E-state index in [0.29, 0.717) is 11.5 Å². The molecule has 1 saturated carbocycles. The predicted octanol–water partition coefficient (Wildman–Crippen LogP) is 3.11. The molecule has 27 heavy (non-hydrogen) atoms. The summed E-state index contributed by atoms with van der Waals surface area (Å²) >= 11 is 0. The van der Waals surface area contributed by atoms with Gasteiger partial charge in [-0.3, -0.25) is 9.78 Å². The molecule has 2 atom stereocenters. The molecule has 1 aliphatic rings. The lowest BCUT2D eigenvalue weighted by Crippen LogP contribution is -1.98. The third-order valence-electron chi connectivity index (χ3n) is 4.45. The van der Waals surface area contributed by atoms with Gasteiger partial charge in [-0.1, -0.05) is 12.1 Å². The Balaban J connectivity index is 0.000000253. The molecule has 0 aliphatic heterocycles. The number of fused-ring (bicyclic) bond motifs is 1. The van der Waals surface area contributed by atoms with Crippen LogP contribution in [0.5, 0.6) is 0 Å². The number of nitrogen functional groups attached to an aromatic ring is 1. The van der Waals surface area contributed by atoms with Gasteiger partial charge >= 0.3 is 5.97 Å². The fourth-order valence-electron chi connectivity index (χ4n) is 2.86. The van der Waals surface area contributed by atoms with Crippen LogP contribution in [0.4, 0.5) is 10.2 Å². The Hall–Kier alpha value is -3.06. The van der Waals surface area contributed by atoms with Crippen LogP contribution >= 0.6 is 0 Å². The number of hydrogen-bond acceptors (Lipinski definition) is 5. The van der Waals surface area contributed by atoms with Crippen LogP contribution in [0.15, 0.2) is 42.7 Å². The molecule has 1 fully saturated rings. The topological polar surface area (TPSA) is 109 Å². The highest BCUT2D eigenvalue weighted by atomic mass is 19.1. The number of aromatic nitrogens is 2. The van der Waals surface area contributed by atoms with Crippen molar-refractivity contribution in [2.75, 3.05) is 5.73 Å². The summed E-state index contributed by atoms with van der Waals surface area (Å²) in [6.45, 7) is 1.94. The van der Waals surface area contributed by atoms with E-state index < -0.39 is 18.1 Å². The molecule has 1 aromatic carbocycles. The summed E-state index contributed by atoms with van der Waals surface area (Å²) in [5, 5.41) is 19.5. The Bertz CT molecular complexity index is 993. The minimum atomic E-state index is -1.06. The van der Waals surface area contributed by atoms with Crippen molar-refractivity contribution in [2.24, 2.45) is 5.92 Å². The largest absolute Gasteiger partial charge is 0.481 e. The number of benzene rings is 1. The van der Waals surface area contributed by atoms with Gasteiger partial charge in [-0.2, -0.15) is 0 Å². The van der Waals surface area contributed by atoms with E-state index in [9.17, 15) is 14.3 Å². The van der Waals surface area contributed by atoms with Crippen molar-refractivity contribution in [1.29, 1.82) is 0 Å². The second-order valence-corrected chi connectivity index (χ2v) is 6.48. The third kappa shape index (κ3) is 4.20. The molecule has 7 heteroatoms. The Morgan fingerprint density at radius 2 is 2.00 bits per heavy atom. The summed E-state index contributed by atoms with van der Waals surface area (Å²) in [5.74, 6) is -1.17. The van der Waals surface area contributed by atoms with Gasteiger partial charge in [-0.15, -0.1) is 0 Å². The number of carbonyl (C=O) groups is 1. The van der Waals surface area contributed by atoms with E-state index in [2.05, 4.69) is 9.97 Å². The number of nitrogens with zero attached hydrogens (tertiary/aromatic N) is 2. The van der Waals surface area contributed by atoms with Crippen molar-refractivity contribution in [2.45, 2.75) is 26.1 Å². The van der Waals surface area contributed by atoms with E-state index in [4.69, 9.17) is 10.8 Å². The van der Waals surface area contributed by atoms with Crippen molar-refractivity contribution in [3.63, 3.8) is 0 Å². The number of pyridine rings is 2. The SMILES string of the molecule is Cc1ccnc(CO)c1-c1ccc2cc(N)ncc2c1.O=C(O)[C@@H]1C[C@@H]1F. The van der Waals surface area contributed by atoms with E-state index in [1.807, 2.05) is 37.3 Å². The second kappa shape index (κ2) is 7.67. The molecule has 0 spiro atoms. The zero-order valence-corrected chi connectivity index (χ0v) is 14.8. The van der Waals surface area contributed by atoms with E-state index in [0.717, 1.165) is 27.5 Å². The zero-order valence-electron chi connectivity index (χ0n) is 14.8. The molecule has 3 aromatic rings. The van der Waals surface area contributed by atoms with Crippen LogP contribution in [0.25, 0.3) is 21.9 Å². The minimum Gasteiger partial charge on any atom is -0.481 e. The van der Waals surface area contributed by atoms with Gasteiger partial charge < -0.3 is 15.9 Å². The minimum absolute atomic E-state index is 0.0744. The Labute approximate surface area is 155 Å². The maximum absolute atomic E-state index is 11.6. The van der Waals surface area contributed by atoms with E-state index in [-0.39, 0.29) is 13.0 Å². The second-order valence-electron chi connectivity index (χ2n) is 6.48. The normalized spacial score (nSPS) is 17.9. The Morgan fingerprint density at radius 3 is 2.59 bits per heavy atom. The summed E-state index contributed by atoms with van der Waals surface area (Å²) in [4.78, 5) is 18.1. The maximum Gasteiger partial charge on any atom is 0.309 e. The van der Waals surface area contributed by atoms with Gasteiger partial charge in [0.15, 0.2) is 0 Å². The number of alkyl halides is 1. The van der Waals surface area contributed by atoms with Crippen LogP contribution in [0.2, 0.25) is 0 Å². The molecule has 0 amide bonds. The first-order chi connectivity index (χ1) is 12.9. The Morgan fingerprint density at radius 1 is 1.26 bits per heavy atom. The molecular weight excluding hydrogens is 349 g/mol. The first-order valence-electron chi connectivity index (χ1n) is 8.48. The summed E-state index contributed by atoms with van der Waals surface area (Å²) in [7, 11) is 0. The Kier molecular flexibility index (Phi) is 5.32. The fourth-order valence-corrected chi connectivity index (χ4v) is 2.86. The number of carboxylic acids is 1. The molecule has 1 aliphatic carbocycles. The number of nitrogens with two attached hydrogens (primary N) is 1. The molecule has 0 bridgehead atoms. The van der Waals surface area contributed by atoms with Crippen LogP contribution in [0, 0.1) is 12.8 Å². The van der Waals surface area contributed by atoms with E-state index >= 15 is 0 Å². The van der Waals surface area contributed by atoms with Gasteiger partial charge in [0.1, 0.15) is 12.0 Å². The average Bonchev–Trinajstić information content (AvgIpc) is 3.39. The summed E-state index contributed by atoms with van der Waals surface area (Å²) in [6.07, 6.45) is 2.64. The molecule has 2 aromatic heterocycles. The molecular formula is C20H20FN3O3. The van der Waals surface area contributed by atoms with Crippen LogP contribution in [-0.4, -0.2) is 32.3 Å².